The summed E-state index contributed by atoms with van der Waals surface area (Å²) in [7, 11) is 2.23. The predicted octanol–water partition coefficient (Wildman–Crippen LogP) is 14.0. The number of nitrogens with zero attached hydrogens (tertiary/aromatic N) is 2. The fourth-order valence-electron chi connectivity index (χ4n) is 10.2. The van der Waals surface area contributed by atoms with E-state index in [0.717, 1.165) is 23.6 Å². The van der Waals surface area contributed by atoms with Crippen molar-refractivity contribution in [1.29, 1.82) is 0 Å². The topological polar surface area (TPSA) is 6.48 Å². The van der Waals surface area contributed by atoms with Crippen LogP contribution in [0.2, 0.25) is 0 Å². The molecule has 2 heteroatoms. The first-order chi connectivity index (χ1) is 26.4. The maximum Gasteiger partial charge on any atom is 0.0465 e. The Balaban J connectivity index is 1.05. The average Bonchev–Trinajstić information content (AvgIpc) is 3.55. The maximum absolute atomic E-state index is 2.43. The van der Waals surface area contributed by atoms with Crippen LogP contribution in [0.5, 0.6) is 0 Å². The van der Waals surface area contributed by atoms with Crippen molar-refractivity contribution in [3.8, 4) is 33.4 Å². The van der Waals surface area contributed by atoms with Gasteiger partial charge in [-0.25, -0.2) is 0 Å². The molecule has 0 aliphatic heterocycles. The van der Waals surface area contributed by atoms with Gasteiger partial charge in [-0.05, 0) is 142 Å². The van der Waals surface area contributed by atoms with E-state index < -0.39 is 0 Å². The summed E-state index contributed by atoms with van der Waals surface area (Å²) in [6.45, 7) is 17.1. The van der Waals surface area contributed by atoms with Crippen molar-refractivity contribution < 1.29 is 0 Å². The lowest BCUT2D eigenvalue weighted by molar-refractivity contribution is 0.651. The molecule has 0 saturated carbocycles. The summed E-state index contributed by atoms with van der Waals surface area (Å²) in [5, 5.41) is 0. The Morgan fingerprint density at radius 3 is 1.80 bits per heavy atom. The van der Waals surface area contributed by atoms with Gasteiger partial charge < -0.3 is 9.80 Å². The predicted molar refractivity (Wildman–Crippen MR) is 234 cm³/mol. The van der Waals surface area contributed by atoms with E-state index in [1.165, 1.54) is 83.6 Å². The van der Waals surface area contributed by atoms with Crippen molar-refractivity contribution in [2.75, 3.05) is 16.8 Å². The minimum Gasteiger partial charge on any atom is -0.370 e. The highest BCUT2D eigenvalue weighted by Gasteiger charge is 2.39. The highest BCUT2D eigenvalue weighted by atomic mass is 15.1. The van der Waals surface area contributed by atoms with Gasteiger partial charge in [0.2, 0.25) is 0 Å². The molecule has 0 aromatic heterocycles. The van der Waals surface area contributed by atoms with Crippen molar-refractivity contribution in [3.63, 3.8) is 0 Å². The van der Waals surface area contributed by atoms with E-state index in [0.29, 0.717) is 0 Å². The normalized spacial score (nSPS) is 14.2. The number of aryl methyl sites for hydroxylation is 3. The van der Waals surface area contributed by atoms with E-state index in [2.05, 4.69) is 211 Å². The van der Waals surface area contributed by atoms with Crippen LogP contribution in [0.3, 0.4) is 0 Å². The second-order valence-electron chi connectivity index (χ2n) is 17.0. The Morgan fingerprint density at radius 1 is 0.436 bits per heavy atom. The van der Waals surface area contributed by atoms with Gasteiger partial charge in [0.1, 0.15) is 0 Å². The quantitative estimate of drug-likeness (QED) is 0.162. The van der Waals surface area contributed by atoms with Crippen molar-refractivity contribution in [2.45, 2.75) is 65.8 Å². The fourth-order valence-corrected chi connectivity index (χ4v) is 10.2. The van der Waals surface area contributed by atoms with Gasteiger partial charge in [-0.15, -0.1) is 0 Å². The van der Waals surface area contributed by atoms with Crippen molar-refractivity contribution >= 4 is 22.7 Å². The molecular formula is C53H50N2. The second kappa shape index (κ2) is 12.9. The standard InChI is InChI=1S/C53H50N2/c1-34-28-35(2)49-46(29-34)47-32-42(30-36(3)50(47)53(49,6)7)54(8)33-37-16-14-19-41(31-37)55(39-17-10-9-11-18-39)40-26-24-38(25-27-40)43-21-15-22-45-44-20-12-13-23-48(44)52(4,5)51(43)45/h9-32H,33H2,1-8H3. The molecule has 7 aromatic carbocycles. The third kappa shape index (κ3) is 5.61. The molecule has 2 aliphatic rings. The molecule has 55 heavy (non-hydrogen) atoms. The molecule has 2 nitrogen and oxygen atoms in total. The van der Waals surface area contributed by atoms with E-state index in [1.807, 2.05) is 0 Å². The van der Waals surface area contributed by atoms with Crippen molar-refractivity contribution in [1.82, 2.24) is 0 Å². The number of fused-ring (bicyclic) bond motifs is 6. The van der Waals surface area contributed by atoms with E-state index in [9.17, 15) is 0 Å². The van der Waals surface area contributed by atoms with Gasteiger partial charge in [-0.1, -0.05) is 130 Å². The summed E-state index contributed by atoms with van der Waals surface area (Å²) in [4.78, 5) is 4.78. The molecule has 9 rings (SSSR count). The molecule has 0 N–H and O–H groups in total. The summed E-state index contributed by atoms with van der Waals surface area (Å²) in [6.07, 6.45) is 0. The van der Waals surface area contributed by atoms with Crippen LogP contribution in [0.4, 0.5) is 22.7 Å². The Kier molecular flexibility index (Phi) is 8.17. The highest BCUT2D eigenvalue weighted by Crippen LogP contribution is 2.54. The van der Waals surface area contributed by atoms with Crippen LogP contribution in [-0.4, -0.2) is 7.05 Å². The van der Waals surface area contributed by atoms with Crippen LogP contribution in [-0.2, 0) is 17.4 Å². The summed E-state index contributed by atoms with van der Waals surface area (Å²) in [6, 6.07) is 54.2. The summed E-state index contributed by atoms with van der Waals surface area (Å²) >= 11 is 0. The zero-order valence-corrected chi connectivity index (χ0v) is 33.5. The molecular weight excluding hydrogens is 665 g/mol. The molecule has 0 unspecified atom stereocenters. The Morgan fingerprint density at radius 2 is 1.04 bits per heavy atom. The van der Waals surface area contributed by atoms with Crippen LogP contribution in [0.15, 0.2) is 146 Å². The smallest absolute Gasteiger partial charge is 0.0465 e. The molecule has 0 bridgehead atoms. The van der Waals surface area contributed by atoms with E-state index in [-0.39, 0.29) is 10.8 Å². The minimum atomic E-state index is -0.0669. The van der Waals surface area contributed by atoms with Crippen LogP contribution < -0.4 is 9.80 Å². The third-order valence-corrected chi connectivity index (χ3v) is 12.4. The largest absolute Gasteiger partial charge is 0.370 e. The number of rotatable bonds is 7. The Bertz CT molecular complexity index is 2610. The van der Waals surface area contributed by atoms with Crippen LogP contribution in [0.25, 0.3) is 33.4 Å². The zero-order valence-electron chi connectivity index (χ0n) is 33.5. The second-order valence-corrected chi connectivity index (χ2v) is 17.0. The number of benzene rings is 7. The molecule has 0 radical (unpaired) electrons. The van der Waals surface area contributed by atoms with Gasteiger partial charge in [0, 0.05) is 47.2 Å². The lowest BCUT2D eigenvalue weighted by Crippen LogP contribution is -2.20. The molecule has 2 aliphatic carbocycles. The SMILES string of the molecule is Cc1cc(C)c2c(c1)-c1cc(N(C)Cc3cccc(N(c4ccccc4)c4ccc(-c5cccc6c5C(C)(C)c5ccccc5-6)cc4)c3)cc(C)c1C2(C)C. The zero-order chi connectivity index (χ0) is 38.2. The number of hydrogen-bond acceptors (Lipinski definition) is 2. The summed E-state index contributed by atoms with van der Waals surface area (Å²) in [5.74, 6) is 0. The van der Waals surface area contributed by atoms with E-state index >= 15 is 0 Å². The Hall–Kier alpha value is -5.86. The molecule has 0 heterocycles. The first kappa shape index (κ1) is 34.9. The maximum atomic E-state index is 2.43. The lowest BCUT2D eigenvalue weighted by Gasteiger charge is -2.28. The molecule has 0 saturated heterocycles. The van der Waals surface area contributed by atoms with Gasteiger partial charge in [-0.3, -0.25) is 0 Å². The van der Waals surface area contributed by atoms with Gasteiger partial charge in [0.15, 0.2) is 0 Å². The number of anilines is 4. The number of para-hydroxylation sites is 1. The molecule has 272 valence electrons. The third-order valence-electron chi connectivity index (χ3n) is 12.4. The van der Waals surface area contributed by atoms with Crippen molar-refractivity contribution in [2.24, 2.45) is 0 Å². The first-order valence-corrected chi connectivity index (χ1v) is 19.7. The van der Waals surface area contributed by atoms with Crippen LogP contribution >= 0.6 is 0 Å². The fraction of sp³-hybridized carbons (Fsp3) is 0.208. The Labute approximate surface area is 327 Å². The van der Waals surface area contributed by atoms with Crippen LogP contribution in [0, 0.1) is 20.8 Å². The van der Waals surface area contributed by atoms with Crippen LogP contribution in [0.1, 0.15) is 72.2 Å². The average molecular weight is 715 g/mol. The van der Waals surface area contributed by atoms with E-state index in [1.54, 1.807) is 0 Å². The highest BCUT2D eigenvalue weighted by molar-refractivity contribution is 5.89. The summed E-state index contributed by atoms with van der Waals surface area (Å²) < 4.78 is 0. The number of hydrogen-bond donors (Lipinski definition) is 0. The van der Waals surface area contributed by atoms with Gasteiger partial charge >= 0.3 is 0 Å². The van der Waals surface area contributed by atoms with E-state index in [4.69, 9.17) is 0 Å². The molecule has 0 amide bonds. The van der Waals surface area contributed by atoms with Gasteiger partial charge in [-0.2, -0.15) is 0 Å². The molecule has 7 aromatic rings. The summed E-state index contributed by atoms with van der Waals surface area (Å²) in [5.41, 5.74) is 23.7. The molecule has 0 spiro atoms. The molecule has 0 atom stereocenters. The van der Waals surface area contributed by atoms with Gasteiger partial charge in [0.05, 0.1) is 0 Å². The van der Waals surface area contributed by atoms with Crippen molar-refractivity contribution in [3.05, 3.63) is 190 Å². The lowest BCUT2D eigenvalue weighted by atomic mass is 9.78. The molecule has 0 fully saturated rings. The first-order valence-electron chi connectivity index (χ1n) is 19.7. The monoisotopic (exact) mass is 714 g/mol. The minimum absolute atomic E-state index is 0.0133. The van der Waals surface area contributed by atoms with Gasteiger partial charge in [0.25, 0.3) is 0 Å².